The Hall–Kier alpha value is -3.93. The van der Waals surface area contributed by atoms with Gasteiger partial charge in [-0.05, 0) is 49.4 Å². The number of aliphatic hydroxyl groups excluding tert-OH is 1. The monoisotopic (exact) mass is 479 g/mol. The third kappa shape index (κ3) is 3.28. The molecule has 1 N–H and O–H groups in total. The minimum atomic E-state index is -0.504. The lowest BCUT2D eigenvalue weighted by Crippen LogP contribution is -2.48. The van der Waals surface area contributed by atoms with Gasteiger partial charge in [0.15, 0.2) is 11.6 Å². The first-order valence-corrected chi connectivity index (χ1v) is 12.3. The number of hydrogen-bond donors (Lipinski definition) is 1. The summed E-state index contributed by atoms with van der Waals surface area (Å²) in [6.07, 6.45) is 4.50. The van der Waals surface area contributed by atoms with Crippen LogP contribution in [0.15, 0.2) is 72.6 Å². The van der Waals surface area contributed by atoms with Crippen LogP contribution in [0.2, 0.25) is 0 Å². The van der Waals surface area contributed by atoms with Gasteiger partial charge in [-0.25, -0.2) is 14.4 Å². The maximum absolute atomic E-state index is 15.1. The zero-order chi connectivity index (χ0) is 25.0. The molecular weight excluding hydrogens is 453 g/mol. The quantitative estimate of drug-likeness (QED) is 0.267. The number of aromatic nitrogens is 3. The molecular formula is C30H26FN3O2. The average Bonchev–Trinajstić information content (AvgIpc) is 2.90. The summed E-state index contributed by atoms with van der Waals surface area (Å²) in [5, 5.41) is 10.8. The summed E-state index contributed by atoms with van der Waals surface area (Å²) in [4.78, 5) is 27.5. The molecule has 1 fully saturated rings. The summed E-state index contributed by atoms with van der Waals surface area (Å²) < 4.78 is 15.1. The number of benzene rings is 2. The number of halogens is 1. The van der Waals surface area contributed by atoms with Gasteiger partial charge in [-0.15, -0.1) is 0 Å². The van der Waals surface area contributed by atoms with E-state index in [0.29, 0.717) is 35.5 Å². The highest BCUT2D eigenvalue weighted by Crippen LogP contribution is 2.53. The van der Waals surface area contributed by atoms with Crippen LogP contribution in [-0.2, 0) is 16.6 Å². The highest BCUT2D eigenvalue weighted by molar-refractivity contribution is 5.98. The molecule has 0 spiro atoms. The molecule has 6 heteroatoms. The van der Waals surface area contributed by atoms with Crippen molar-refractivity contribution in [2.24, 2.45) is 11.8 Å². The third-order valence-electron chi connectivity index (χ3n) is 8.14. The van der Waals surface area contributed by atoms with E-state index >= 15 is 4.39 Å². The molecule has 0 bridgehead atoms. The fraction of sp³-hybridized carbons (Fsp3) is 0.267. The second kappa shape index (κ2) is 8.33. The fourth-order valence-corrected chi connectivity index (χ4v) is 6.36. The molecule has 180 valence electrons. The van der Waals surface area contributed by atoms with Crippen LogP contribution >= 0.6 is 0 Å². The van der Waals surface area contributed by atoms with Gasteiger partial charge in [0.1, 0.15) is 5.82 Å². The van der Waals surface area contributed by atoms with Gasteiger partial charge in [0, 0.05) is 45.2 Å². The van der Waals surface area contributed by atoms with E-state index in [0.717, 1.165) is 40.4 Å². The standard InChI is InChI=1S/C30H26FN3O2/c1-17-23-12-11-22-26(21-8-3-5-9-24(21)31)33-29(20-13-14-32-25-10-6-4-7-19(20)25)34-28(22)30(23,2)15-18(16-35)27(17)36/h3-10,13-14,16-17,23,35H,11-12,15H2,1-2H3/b18-16-/t17-,23-,30-/m1/s1. The summed E-state index contributed by atoms with van der Waals surface area (Å²) >= 11 is 0. The molecule has 0 amide bonds. The Morgan fingerprint density at radius 3 is 2.64 bits per heavy atom. The average molecular weight is 480 g/mol. The Labute approximate surface area is 208 Å². The van der Waals surface area contributed by atoms with Crippen LogP contribution in [0.3, 0.4) is 0 Å². The van der Waals surface area contributed by atoms with Crippen LogP contribution in [0, 0.1) is 17.7 Å². The van der Waals surface area contributed by atoms with Crippen LogP contribution in [0.25, 0.3) is 33.5 Å². The first kappa shape index (κ1) is 22.5. The predicted molar refractivity (Wildman–Crippen MR) is 137 cm³/mol. The molecule has 2 aromatic heterocycles. The van der Waals surface area contributed by atoms with Crippen LogP contribution in [0.1, 0.15) is 37.9 Å². The normalized spacial score (nSPS) is 24.5. The lowest BCUT2D eigenvalue weighted by atomic mass is 9.55. The highest BCUT2D eigenvalue weighted by Gasteiger charge is 2.51. The summed E-state index contributed by atoms with van der Waals surface area (Å²) in [6, 6.07) is 16.4. The number of nitrogens with zero attached hydrogens (tertiary/aromatic N) is 3. The van der Waals surface area contributed by atoms with E-state index in [4.69, 9.17) is 9.97 Å². The largest absolute Gasteiger partial charge is 0.515 e. The van der Waals surface area contributed by atoms with E-state index in [1.54, 1.807) is 18.3 Å². The zero-order valence-electron chi connectivity index (χ0n) is 20.2. The number of carbonyl (C=O) groups excluding carboxylic acids is 1. The van der Waals surface area contributed by atoms with E-state index in [2.05, 4.69) is 11.9 Å². The van der Waals surface area contributed by atoms with Crippen molar-refractivity contribution in [3.8, 4) is 22.6 Å². The molecule has 0 aliphatic heterocycles. The second-order valence-electron chi connectivity index (χ2n) is 10.1. The Bertz CT molecular complexity index is 1560. The van der Waals surface area contributed by atoms with Crippen molar-refractivity contribution in [1.82, 2.24) is 15.0 Å². The summed E-state index contributed by atoms with van der Waals surface area (Å²) in [5.41, 5.74) is 4.34. The van der Waals surface area contributed by atoms with E-state index in [1.807, 2.05) is 43.3 Å². The maximum atomic E-state index is 15.1. The Morgan fingerprint density at radius 1 is 1.06 bits per heavy atom. The molecule has 2 heterocycles. The first-order chi connectivity index (χ1) is 17.4. The van der Waals surface area contributed by atoms with Crippen LogP contribution in [-0.4, -0.2) is 25.8 Å². The molecule has 0 saturated heterocycles. The van der Waals surface area contributed by atoms with E-state index in [1.165, 1.54) is 6.07 Å². The zero-order valence-corrected chi connectivity index (χ0v) is 20.2. The molecule has 6 rings (SSSR count). The number of hydrogen-bond acceptors (Lipinski definition) is 5. The number of allylic oxidation sites excluding steroid dienone is 1. The van der Waals surface area contributed by atoms with Crippen LogP contribution in [0.4, 0.5) is 4.39 Å². The number of fused-ring (bicyclic) bond motifs is 4. The second-order valence-corrected chi connectivity index (χ2v) is 10.1. The predicted octanol–water partition coefficient (Wildman–Crippen LogP) is 6.37. The lowest BCUT2D eigenvalue weighted by Gasteiger charge is -2.48. The number of para-hydroxylation sites is 1. The molecule has 2 aliphatic rings. The molecule has 2 aromatic carbocycles. The van der Waals surface area contributed by atoms with Crippen molar-refractivity contribution < 1.29 is 14.3 Å². The molecule has 36 heavy (non-hydrogen) atoms. The van der Waals surface area contributed by atoms with E-state index in [9.17, 15) is 9.90 Å². The number of carbonyl (C=O) groups is 1. The smallest absolute Gasteiger partial charge is 0.165 e. The SMILES string of the molecule is C[C@H]1C(=O)/C(=C\O)C[C@@]2(C)c3nc(-c4ccnc5ccccc45)nc(-c4ccccc4F)c3CC[C@H]12. The maximum Gasteiger partial charge on any atom is 0.165 e. The van der Waals surface area contributed by atoms with Crippen molar-refractivity contribution in [3.05, 3.63) is 89.7 Å². The summed E-state index contributed by atoms with van der Waals surface area (Å²) in [5.74, 6) is -0.0166. The van der Waals surface area contributed by atoms with Gasteiger partial charge in [0.25, 0.3) is 0 Å². The molecule has 4 aromatic rings. The van der Waals surface area contributed by atoms with Crippen molar-refractivity contribution >= 4 is 16.7 Å². The van der Waals surface area contributed by atoms with Gasteiger partial charge in [-0.2, -0.15) is 0 Å². The minimum Gasteiger partial charge on any atom is -0.515 e. The fourth-order valence-electron chi connectivity index (χ4n) is 6.36. The van der Waals surface area contributed by atoms with E-state index in [-0.39, 0.29) is 23.4 Å². The van der Waals surface area contributed by atoms with Crippen LogP contribution in [0.5, 0.6) is 0 Å². The van der Waals surface area contributed by atoms with Gasteiger partial charge < -0.3 is 5.11 Å². The minimum absolute atomic E-state index is 0.00726. The van der Waals surface area contributed by atoms with Crippen molar-refractivity contribution in [2.45, 2.75) is 38.5 Å². The van der Waals surface area contributed by atoms with Gasteiger partial charge >= 0.3 is 0 Å². The van der Waals surface area contributed by atoms with Crippen molar-refractivity contribution in [3.63, 3.8) is 0 Å². The van der Waals surface area contributed by atoms with Crippen molar-refractivity contribution in [1.29, 1.82) is 0 Å². The first-order valence-electron chi connectivity index (χ1n) is 12.3. The van der Waals surface area contributed by atoms with Gasteiger partial charge in [-0.3, -0.25) is 9.78 Å². The van der Waals surface area contributed by atoms with Gasteiger partial charge in [-0.1, -0.05) is 44.2 Å². The number of ketones is 1. The van der Waals surface area contributed by atoms with Crippen molar-refractivity contribution in [2.75, 3.05) is 0 Å². The number of pyridine rings is 1. The van der Waals surface area contributed by atoms with Gasteiger partial charge in [0.2, 0.25) is 0 Å². The number of Topliss-reactive ketones (excluding diaryl/α,β-unsaturated/α-hetero) is 1. The summed E-state index contributed by atoms with van der Waals surface area (Å²) in [7, 11) is 0. The lowest BCUT2D eigenvalue weighted by molar-refractivity contribution is -0.124. The molecule has 1 saturated carbocycles. The number of aliphatic hydroxyl groups is 1. The molecule has 0 unspecified atom stereocenters. The third-order valence-corrected chi connectivity index (χ3v) is 8.14. The summed E-state index contributed by atoms with van der Waals surface area (Å²) in [6.45, 7) is 4.06. The topological polar surface area (TPSA) is 76.0 Å². The molecule has 0 radical (unpaired) electrons. The van der Waals surface area contributed by atoms with Crippen LogP contribution < -0.4 is 0 Å². The Balaban J connectivity index is 1.66. The highest BCUT2D eigenvalue weighted by atomic mass is 19.1. The Morgan fingerprint density at radius 2 is 1.83 bits per heavy atom. The Kier molecular flexibility index (Phi) is 5.21. The van der Waals surface area contributed by atoms with E-state index < -0.39 is 5.41 Å². The van der Waals surface area contributed by atoms with Gasteiger partial charge in [0.05, 0.1) is 23.2 Å². The molecule has 2 aliphatic carbocycles. The molecule has 3 atom stereocenters. The molecule has 5 nitrogen and oxygen atoms in total. The number of rotatable bonds is 2.